The Bertz CT molecular complexity index is 568. The number of allylic oxidation sites excluding steroid dienone is 1. The van der Waals surface area contributed by atoms with Crippen LogP contribution < -0.4 is 0 Å². The Labute approximate surface area is 119 Å². The molecule has 1 aromatic rings. The van der Waals surface area contributed by atoms with Crippen LogP contribution >= 0.6 is 0 Å². The van der Waals surface area contributed by atoms with Crippen LogP contribution in [0.5, 0.6) is 0 Å². The maximum Gasteiger partial charge on any atom is 0.264 e. The van der Waals surface area contributed by atoms with Gasteiger partial charge in [-0.15, -0.1) is 0 Å². The van der Waals surface area contributed by atoms with Gasteiger partial charge in [0.25, 0.3) is 10.1 Å². The van der Waals surface area contributed by atoms with Gasteiger partial charge in [-0.25, -0.2) is 4.98 Å². The van der Waals surface area contributed by atoms with Crippen LogP contribution in [0.4, 0.5) is 0 Å². The van der Waals surface area contributed by atoms with Gasteiger partial charge in [-0.3, -0.25) is 4.55 Å². The normalized spacial score (nSPS) is 17.3. The molecule has 6 heteroatoms. The summed E-state index contributed by atoms with van der Waals surface area (Å²) in [6.07, 6.45) is 9.95. The monoisotopic (exact) mass is 299 g/mol. The number of aromatic nitrogens is 1. The Morgan fingerprint density at radius 2 is 2.10 bits per heavy atom. The molecule has 1 fully saturated rings. The predicted octanol–water partition coefficient (Wildman–Crippen LogP) is 3.01. The molecule has 0 amide bonds. The number of hydrogen-bond donors (Lipinski definition) is 1. The predicted molar refractivity (Wildman–Crippen MR) is 77.0 cm³/mol. The van der Waals surface area contributed by atoms with E-state index in [0.29, 0.717) is 30.4 Å². The van der Waals surface area contributed by atoms with E-state index in [1.807, 2.05) is 13.0 Å². The first-order valence-electron chi connectivity index (χ1n) is 7.04. The minimum absolute atomic E-state index is 0.244. The molecule has 1 aliphatic rings. The highest BCUT2D eigenvalue weighted by Gasteiger charge is 2.13. The minimum atomic E-state index is -3.89. The van der Waals surface area contributed by atoms with Crippen molar-refractivity contribution in [2.45, 2.75) is 45.4 Å². The third-order valence-corrected chi connectivity index (χ3v) is 4.44. The summed E-state index contributed by atoms with van der Waals surface area (Å²) in [4.78, 5) is 4.36. The molecule has 2 rings (SSSR count). The van der Waals surface area contributed by atoms with Crippen molar-refractivity contribution in [2.24, 2.45) is 5.92 Å². The van der Waals surface area contributed by atoms with Gasteiger partial charge in [-0.2, -0.15) is 8.42 Å². The number of nitrogens with zero attached hydrogens (tertiary/aromatic N) is 1. The standard InChI is InChI=1S/C14H21NO4S/c1-11-13(7-4-10-20(16,17)18)15-14(19-11)9-8-12-5-2-3-6-12/h8-9,12H,2-7,10H2,1H3,(H,16,17,18)/b9-8+. The van der Waals surface area contributed by atoms with Crippen LogP contribution in [0.3, 0.4) is 0 Å². The molecule has 1 aliphatic carbocycles. The molecule has 0 aromatic carbocycles. The quantitative estimate of drug-likeness (QED) is 0.817. The van der Waals surface area contributed by atoms with Crippen molar-refractivity contribution in [3.8, 4) is 0 Å². The highest BCUT2D eigenvalue weighted by Crippen LogP contribution is 2.26. The van der Waals surface area contributed by atoms with E-state index in [1.54, 1.807) is 0 Å². The number of oxazole rings is 1. The topological polar surface area (TPSA) is 80.4 Å². The van der Waals surface area contributed by atoms with Gasteiger partial charge in [-0.1, -0.05) is 18.9 Å². The summed E-state index contributed by atoms with van der Waals surface area (Å²) in [5.41, 5.74) is 0.764. The van der Waals surface area contributed by atoms with Crippen LogP contribution in [-0.2, 0) is 16.5 Å². The van der Waals surface area contributed by atoms with Gasteiger partial charge in [0.15, 0.2) is 0 Å². The summed E-state index contributed by atoms with van der Waals surface area (Å²) in [6, 6.07) is 0. The lowest BCUT2D eigenvalue weighted by Gasteiger charge is -1.97. The molecule has 0 radical (unpaired) electrons. The summed E-state index contributed by atoms with van der Waals surface area (Å²) < 4.78 is 35.6. The van der Waals surface area contributed by atoms with E-state index < -0.39 is 10.1 Å². The third-order valence-electron chi connectivity index (χ3n) is 3.64. The molecule has 1 saturated carbocycles. The zero-order valence-corrected chi connectivity index (χ0v) is 12.5. The molecule has 0 aliphatic heterocycles. The minimum Gasteiger partial charge on any atom is -0.442 e. The van der Waals surface area contributed by atoms with Crippen molar-refractivity contribution in [3.63, 3.8) is 0 Å². The van der Waals surface area contributed by atoms with Crippen molar-refractivity contribution in [3.05, 3.63) is 23.4 Å². The van der Waals surface area contributed by atoms with Crippen LogP contribution in [0.2, 0.25) is 0 Å². The van der Waals surface area contributed by atoms with Crippen molar-refractivity contribution >= 4 is 16.2 Å². The smallest absolute Gasteiger partial charge is 0.264 e. The third kappa shape index (κ3) is 4.76. The molecule has 1 aromatic heterocycles. The summed E-state index contributed by atoms with van der Waals surface area (Å²) in [5.74, 6) is 1.68. The summed E-state index contributed by atoms with van der Waals surface area (Å²) in [7, 11) is -3.89. The summed E-state index contributed by atoms with van der Waals surface area (Å²) >= 11 is 0. The Morgan fingerprint density at radius 3 is 2.75 bits per heavy atom. The van der Waals surface area contributed by atoms with Gasteiger partial charge in [-0.05, 0) is 44.6 Å². The molecule has 0 unspecified atom stereocenters. The maximum absolute atomic E-state index is 10.7. The first-order chi connectivity index (χ1) is 9.44. The Morgan fingerprint density at radius 1 is 1.40 bits per heavy atom. The fraction of sp³-hybridized carbons (Fsp3) is 0.643. The molecular formula is C14H21NO4S. The van der Waals surface area contributed by atoms with Gasteiger partial charge < -0.3 is 4.42 Å². The van der Waals surface area contributed by atoms with Crippen molar-refractivity contribution < 1.29 is 17.4 Å². The lowest BCUT2D eigenvalue weighted by molar-refractivity contribution is 0.480. The molecule has 0 bridgehead atoms. The lowest BCUT2D eigenvalue weighted by atomic mass is 10.1. The van der Waals surface area contributed by atoms with Gasteiger partial charge in [0.1, 0.15) is 5.76 Å². The van der Waals surface area contributed by atoms with Crippen LogP contribution in [0.15, 0.2) is 10.5 Å². The average molecular weight is 299 g/mol. The number of rotatable bonds is 6. The maximum atomic E-state index is 10.7. The van der Waals surface area contributed by atoms with Crippen LogP contribution in [0, 0.1) is 12.8 Å². The summed E-state index contributed by atoms with van der Waals surface area (Å²) in [6.45, 7) is 1.82. The first kappa shape index (κ1) is 15.3. The SMILES string of the molecule is Cc1oc(/C=C/C2CCCC2)nc1CCCS(=O)(=O)O. The Balaban J connectivity index is 1.91. The van der Waals surface area contributed by atoms with E-state index in [2.05, 4.69) is 11.1 Å². The molecular weight excluding hydrogens is 278 g/mol. The van der Waals surface area contributed by atoms with Crippen molar-refractivity contribution in [1.29, 1.82) is 0 Å². The molecule has 1 N–H and O–H groups in total. The first-order valence-corrected chi connectivity index (χ1v) is 8.64. The van der Waals surface area contributed by atoms with Gasteiger partial charge in [0.05, 0.1) is 11.4 Å². The second-order valence-electron chi connectivity index (χ2n) is 5.35. The average Bonchev–Trinajstić information content (AvgIpc) is 2.95. The second kappa shape index (κ2) is 6.54. The van der Waals surface area contributed by atoms with Gasteiger partial charge in [0, 0.05) is 0 Å². The van der Waals surface area contributed by atoms with Crippen molar-refractivity contribution in [2.75, 3.05) is 5.75 Å². The molecule has 5 nitrogen and oxygen atoms in total. The number of hydrogen-bond acceptors (Lipinski definition) is 4. The zero-order chi connectivity index (χ0) is 14.6. The molecule has 0 spiro atoms. The highest BCUT2D eigenvalue weighted by molar-refractivity contribution is 7.85. The Hall–Kier alpha value is -1.14. The molecule has 0 atom stereocenters. The lowest BCUT2D eigenvalue weighted by Crippen LogP contribution is -2.05. The Kier molecular flexibility index (Phi) is 4.99. The zero-order valence-electron chi connectivity index (χ0n) is 11.7. The van der Waals surface area contributed by atoms with Gasteiger partial charge >= 0.3 is 0 Å². The van der Waals surface area contributed by atoms with E-state index in [0.717, 1.165) is 5.69 Å². The van der Waals surface area contributed by atoms with Crippen LogP contribution in [0.25, 0.3) is 6.08 Å². The van der Waals surface area contributed by atoms with E-state index in [1.165, 1.54) is 25.7 Å². The summed E-state index contributed by atoms with van der Waals surface area (Å²) in [5, 5.41) is 0. The van der Waals surface area contributed by atoms with E-state index in [-0.39, 0.29) is 5.75 Å². The van der Waals surface area contributed by atoms with E-state index in [4.69, 9.17) is 8.97 Å². The molecule has 0 saturated heterocycles. The molecule has 112 valence electrons. The molecule has 20 heavy (non-hydrogen) atoms. The number of aryl methyl sites for hydroxylation is 2. The fourth-order valence-corrected chi connectivity index (χ4v) is 3.05. The highest BCUT2D eigenvalue weighted by atomic mass is 32.2. The van der Waals surface area contributed by atoms with E-state index >= 15 is 0 Å². The van der Waals surface area contributed by atoms with Crippen molar-refractivity contribution in [1.82, 2.24) is 4.98 Å². The van der Waals surface area contributed by atoms with Gasteiger partial charge in [0.2, 0.25) is 5.89 Å². The van der Waals surface area contributed by atoms with Crippen LogP contribution in [-0.4, -0.2) is 23.7 Å². The van der Waals surface area contributed by atoms with E-state index in [9.17, 15) is 8.42 Å². The fourth-order valence-electron chi connectivity index (χ4n) is 2.54. The van der Waals surface area contributed by atoms with Crippen LogP contribution in [0.1, 0.15) is 49.4 Å². The molecule has 1 heterocycles. The largest absolute Gasteiger partial charge is 0.442 e. The second-order valence-corrected chi connectivity index (χ2v) is 6.92.